The fraction of sp³-hybridized carbons (Fsp3) is 0.500. The number of nitrogens with zero attached hydrogens (tertiary/aromatic N) is 3. The van der Waals surface area contributed by atoms with E-state index < -0.39 is 6.67 Å². The lowest BCUT2D eigenvalue weighted by molar-refractivity contribution is 0.0649. The zero-order valence-corrected chi connectivity index (χ0v) is 17.2. The van der Waals surface area contributed by atoms with Gasteiger partial charge in [0.05, 0.1) is 0 Å². The van der Waals surface area contributed by atoms with E-state index in [1.54, 1.807) is 12.1 Å². The molecule has 0 N–H and O–H groups in total. The number of piperidine rings is 1. The van der Waals surface area contributed by atoms with Crippen molar-refractivity contribution in [3.8, 4) is 0 Å². The third kappa shape index (κ3) is 4.78. The highest BCUT2D eigenvalue weighted by Crippen LogP contribution is 2.26. The highest BCUT2D eigenvalue weighted by molar-refractivity contribution is 5.46. The van der Waals surface area contributed by atoms with Gasteiger partial charge in [0.25, 0.3) is 0 Å². The van der Waals surface area contributed by atoms with Crippen molar-refractivity contribution in [1.29, 1.82) is 0 Å². The quantitative estimate of drug-likeness (QED) is 0.725. The molecule has 29 heavy (non-hydrogen) atoms. The molecule has 4 rings (SSSR count). The first-order valence-corrected chi connectivity index (χ1v) is 10.8. The highest BCUT2D eigenvalue weighted by Gasteiger charge is 2.29. The second kappa shape index (κ2) is 9.23. The molecule has 2 aromatic carbocycles. The first kappa shape index (κ1) is 20.3. The molecule has 2 aliphatic rings. The summed E-state index contributed by atoms with van der Waals surface area (Å²) < 4.78 is 25.9. The molecule has 2 aromatic rings. The molecule has 156 valence electrons. The van der Waals surface area contributed by atoms with Gasteiger partial charge in [-0.1, -0.05) is 24.3 Å². The number of anilines is 1. The fourth-order valence-electron chi connectivity index (χ4n) is 4.73. The average molecular weight is 400 g/mol. The molecule has 1 unspecified atom stereocenters. The lowest BCUT2D eigenvalue weighted by Crippen LogP contribution is -2.53. The fourth-order valence-corrected chi connectivity index (χ4v) is 4.73. The molecule has 2 heterocycles. The number of hydrogen-bond donors (Lipinski definition) is 0. The SMILES string of the molecule is CC(c1ccc(CF)cc1)N1CCN(C2CCN(c3ccc(F)cc3)CC2)CC1. The van der Waals surface area contributed by atoms with Gasteiger partial charge in [-0.2, -0.15) is 0 Å². The van der Waals surface area contributed by atoms with Crippen molar-refractivity contribution < 1.29 is 8.78 Å². The summed E-state index contributed by atoms with van der Waals surface area (Å²) in [6, 6.07) is 15.8. The Morgan fingerprint density at radius 3 is 2.07 bits per heavy atom. The van der Waals surface area contributed by atoms with Gasteiger partial charge in [0, 0.05) is 57.0 Å². The molecule has 3 nitrogen and oxygen atoms in total. The van der Waals surface area contributed by atoms with Gasteiger partial charge in [-0.3, -0.25) is 9.80 Å². The molecular formula is C24H31F2N3. The van der Waals surface area contributed by atoms with E-state index in [-0.39, 0.29) is 5.82 Å². The number of hydrogen-bond acceptors (Lipinski definition) is 3. The Labute approximate surface area is 172 Å². The molecule has 2 fully saturated rings. The van der Waals surface area contributed by atoms with Gasteiger partial charge >= 0.3 is 0 Å². The van der Waals surface area contributed by atoms with E-state index in [1.165, 1.54) is 5.56 Å². The maximum Gasteiger partial charge on any atom is 0.123 e. The van der Waals surface area contributed by atoms with Crippen LogP contribution in [0.3, 0.4) is 0 Å². The van der Waals surface area contributed by atoms with Crippen molar-refractivity contribution in [2.24, 2.45) is 0 Å². The molecular weight excluding hydrogens is 368 g/mol. The second-order valence-electron chi connectivity index (χ2n) is 8.32. The van der Waals surface area contributed by atoms with E-state index in [0.29, 0.717) is 12.1 Å². The van der Waals surface area contributed by atoms with Gasteiger partial charge in [-0.05, 0) is 55.2 Å². The highest BCUT2D eigenvalue weighted by atomic mass is 19.1. The van der Waals surface area contributed by atoms with Crippen molar-refractivity contribution in [3.05, 3.63) is 65.5 Å². The van der Waals surface area contributed by atoms with Crippen molar-refractivity contribution in [2.75, 3.05) is 44.2 Å². The monoisotopic (exact) mass is 399 g/mol. The van der Waals surface area contributed by atoms with E-state index in [1.807, 2.05) is 24.3 Å². The molecule has 0 aliphatic carbocycles. The summed E-state index contributed by atoms with van der Waals surface area (Å²) in [5.41, 5.74) is 3.14. The Morgan fingerprint density at radius 1 is 0.862 bits per heavy atom. The van der Waals surface area contributed by atoms with Crippen LogP contribution in [-0.2, 0) is 6.67 Å². The number of halogens is 2. The molecule has 2 saturated heterocycles. The Bertz CT molecular complexity index is 762. The normalized spacial score (nSPS) is 20.7. The smallest absolute Gasteiger partial charge is 0.123 e. The topological polar surface area (TPSA) is 9.72 Å². The molecule has 0 radical (unpaired) electrons. The summed E-state index contributed by atoms with van der Waals surface area (Å²) in [6.07, 6.45) is 2.33. The van der Waals surface area contributed by atoms with Crippen molar-refractivity contribution >= 4 is 5.69 Å². The van der Waals surface area contributed by atoms with E-state index in [2.05, 4.69) is 33.8 Å². The van der Waals surface area contributed by atoms with Crippen LogP contribution in [0.2, 0.25) is 0 Å². The van der Waals surface area contributed by atoms with Gasteiger partial charge in [0.1, 0.15) is 12.5 Å². The maximum atomic E-state index is 13.1. The number of rotatable bonds is 5. The van der Waals surface area contributed by atoms with E-state index in [4.69, 9.17) is 0 Å². The summed E-state index contributed by atoms with van der Waals surface area (Å²) >= 11 is 0. The van der Waals surface area contributed by atoms with Crippen molar-refractivity contribution in [2.45, 2.75) is 38.5 Å². The predicted octanol–water partition coefficient (Wildman–Crippen LogP) is 4.64. The Morgan fingerprint density at radius 2 is 1.48 bits per heavy atom. The third-order valence-corrected chi connectivity index (χ3v) is 6.69. The second-order valence-corrected chi connectivity index (χ2v) is 8.32. The summed E-state index contributed by atoms with van der Waals surface area (Å²) in [5, 5.41) is 0. The van der Waals surface area contributed by atoms with Gasteiger partial charge in [0.2, 0.25) is 0 Å². The van der Waals surface area contributed by atoms with Crippen LogP contribution >= 0.6 is 0 Å². The Hall–Kier alpha value is -1.98. The molecule has 0 aromatic heterocycles. The number of piperazine rings is 1. The molecule has 1 atom stereocenters. The van der Waals surface area contributed by atoms with Crippen molar-refractivity contribution in [1.82, 2.24) is 9.80 Å². The minimum atomic E-state index is -0.396. The van der Waals surface area contributed by atoms with Crippen molar-refractivity contribution in [3.63, 3.8) is 0 Å². The zero-order valence-electron chi connectivity index (χ0n) is 17.2. The minimum absolute atomic E-state index is 0.172. The van der Waals surface area contributed by atoms with Gasteiger partial charge in [-0.15, -0.1) is 0 Å². The molecule has 5 heteroatoms. The first-order chi connectivity index (χ1) is 14.1. The minimum Gasteiger partial charge on any atom is -0.371 e. The van der Waals surface area contributed by atoms with Crippen LogP contribution in [0.5, 0.6) is 0 Å². The van der Waals surface area contributed by atoms with Gasteiger partial charge in [-0.25, -0.2) is 8.78 Å². The molecule has 0 bridgehead atoms. The summed E-state index contributed by atoms with van der Waals surface area (Å²) in [5.74, 6) is -0.172. The lowest BCUT2D eigenvalue weighted by Gasteiger charge is -2.44. The zero-order chi connectivity index (χ0) is 20.2. The average Bonchev–Trinajstić information content (AvgIpc) is 2.79. The maximum absolute atomic E-state index is 13.1. The van der Waals surface area contributed by atoms with Gasteiger partial charge in [0.15, 0.2) is 0 Å². The summed E-state index contributed by atoms with van der Waals surface area (Å²) in [6.45, 7) is 8.28. The van der Waals surface area contributed by atoms with E-state index in [9.17, 15) is 8.78 Å². The van der Waals surface area contributed by atoms with Crippen LogP contribution in [0, 0.1) is 5.82 Å². The molecule has 0 saturated carbocycles. The third-order valence-electron chi connectivity index (χ3n) is 6.69. The predicted molar refractivity (Wildman–Crippen MR) is 114 cm³/mol. The van der Waals surface area contributed by atoms with Crippen LogP contribution in [-0.4, -0.2) is 55.1 Å². The Kier molecular flexibility index (Phi) is 6.46. The Balaban J connectivity index is 1.26. The van der Waals surface area contributed by atoms with Crippen LogP contribution in [0.25, 0.3) is 0 Å². The van der Waals surface area contributed by atoms with Crippen LogP contribution in [0.1, 0.15) is 36.9 Å². The lowest BCUT2D eigenvalue weighted by atomic mass is 10.0. The largest absolute Gasteiger partial charge is 0.371 e. The van der Waals surface area contributed by atoms with Gasteiger partial charge < -0.3 is 4.90 Å². The van der Waals surface area contributed by atoms with E-state index >= 15 is 0 Å². The molecule has 2 aliphatic heterocycles. The van der Waals surface area contributed by atoms with E-state index in [0.717, 1.165) is 63.4 Å². The summed E-state index contributed by atoms with van der Waals surface area (Å²) in [4.78, 5) is 7.56. The van der Waals surface area contributed by atoms with Crippen LogP contribution in [0.15, 0.2) is 48.5 Å². The number of alkyl halides is 1. The summed E-state index contributed by atoms with van der Waals surface area (Å²) in [7, 11) is 0. The molecule has 0 amide bonds. The molecule has 0 spiro atoms. The number of benzene rings is 2. The van der Waals surface area contributed by atoms with Crippen LogP contribution < -0.4 is 4.90 Å². The van der Waals surface area contributed by atoms with Crippen LogP contribution in [0.4, 0.5) is 14.5 Å². The first-order valence-electron chi connectivity index (χ1n) is 10.8. The standard InChI is InChI=1S/C24H31F2N3/c1-19(21-4-2-20(18-25)3-5-21)27-14-16-29(17-15-27)24-10-12-28(13-11-24)23-8-6-22(26)7-9-23/h2-9,19,24H,10-18H2,1H3.